The van der Waals surface area contributed by atoms with Crippen LogP contribution < -0.4 is 5.84 Å². The molecule has 0 spiro atoms. The van der Waals surface area contributed by atoms with Crippen LogP contribution in [-0.2, 0) is 4.74 Å². The zero-order chi connectivity index (χ0) is 10.4. The lowest BCUT2D eigenvalue weighted by Crippen LogP contribution is -2.43. The van der Waals surface area contributed by atoms with Crippen molar-refractivity contribution in [2.75, 3.05) is 6.61 Å². The summed E-state index contributed by atoms with van der Waals surface area (Å²) in [7, 11) is 0. The predicted octanol–water partition coefficient (Wildman–Crippen LogP) is 2.39. The van der Waals surface area contributed by atoms with E-state index in [0.29, 0.717) is 0 Å². The highest BCUT2D eigenvalue weighted by Crippen LogP contribution is 2.19. The Kier molecular flexibility index (Phi) is 4.98. The Morgan fingerprint density at radius 1 is 1.50 bits per heavy atom. The molecule has 2 N–H and O–H groups in total. The molecule has 14 heavy (non-hydrogen) atoms. The highest BCUT2D eigenvalue weighted by molar-refractivity contribution is 4.99. The number of hydrogen-bond acceptors (Lipinski definition) is 3. The van der Waals surface area contributed by atoms with Gasteiger partial charge in [0.25, 0.3) is 0 Å². The van der Waals surface area contributed by atoms with Gasteiger partial charge < -0.3 is 4.74 Å². The van der Waals surface area contributed by atoms with Crippen molar-refractivity contribution < 1.29 is 4.74 Å². The molecule has 0 aromatic rings. The minimum absolute atomic E-state index is 0.0986. The van der Waals surface area contributed by atoms with Crippen LogP contribution in [0.3, 0.4) is 0 Å². The summed E-state index contributed by atoms with van der Waals surface area (Å²) in [6, 6.07) is 0. The van der Waals surface area contributed by atoms with Crippen molar-refractivity contribution in [2.45, 2.75) is 52.2 Å². The van der Waals surface area contributed by atoms with Crippen LogP contribution in [-0.4, -0.2) is 17.8 Å². The molecule has 0 aromatic heterocycles. The molecule has 1 atom stereocenters. The van der Waals surface area contributed by atoms with Crippen LogP contribution in [0.4, 0.5) is 0 Å². The van der Waals surface area contributed by atoms with Crippen LogP contribution >= 0.6 is 0 Å². The smallest absolute Gasteiger partial charge is 0.143 e. The van der Waals surface area contributed by atoms with Gasteiger partial charge in [0.1, 0.15) is 6.23 Å². The first kappa shape index (κ1) is 11.5. The Morgan fingerprint density at radius 3 is 2.79 bits per heavy atom. The van der Waals surface area contributed by atoms with Gasteiger partial charge in [-0.05, 0) is 32.1 Å². The fraction of sp³-hybridized carbons (Fsp3) is 0.818. The molecule has 1 saturated heterocycles. The first-order valence-corrected chi connectivity index (χ1v) is 5.64. The van der Waals surface area contributed by atoms with Gasteiger partial charge in [0.15, 0.2) is 0 Å². The summed E-state index contributed by atoms with van der Waals surface area (Å²) < 4.78 is 5.63. The third-order valence-corrected chi connectivity index (χ3v) is 2.60. The number of hydrazine groups is 1. The van der Waals surface area contributed by atoms with E-state index in [1.165, 1.54) is 18.5 Å². The maximum absolute atomic E-state index is 6.03. The molecular weight excluding hydrogens is 176 g/mol. The van der Waals surface area contributed by atoms with Crippen LogP contribution in [0, 0.1) is 0 Å². The number of hydrogen-bond donors (Lipinski definition) is 1. The van der Waals surface area contributed by atoms with Gasteiger partial charge in [-0.15, -0.1) is 0 Å². The normalized spacial score (nSPS) is 23.6. The van der Waals surface area contributed by atoms with Crippen molar-refractivity contribution in [2.24, 2.45) is 5.84 Å². The molecule has 1 heterocycles. The predicted molar refractivity (Wildman–Crippen MR) is 58.3 cm³/mol. The average molecular weight is 198 g/mol. The van der Waals surface area contributed by atoms with Crippen molar-refractivity contribution in [3.63, 3.8) is 0 Å². The van der Waals surface area contributed by atoms with Gasteiger partial charge in [0.05, 0.1) is 0 Å². The van der Waals surface area contributed by atoms with Crippen LogP contribution in [0.5, 0.6) is 0 Å². The first-order chi connectivity index (χ1) is 6.79. The Labute approximate surface area is 86.9 Å². The highest BCUT2D eigenvalue weighted by Gasteiger charge is 2.19. The Bertz CT molecular complexity index is 186. The molecule has 0 amide bonds. The Morgan fingerprint density at radius 2 is 2.29 bits per heavy atom. The van der Waals surface area contributed by atoms with E-state index in [4.69, 9.17) is 10.6 Å². The molecule has 0 aromatic carbocycles. The third kappa shape index (κ3) is 3.00. The summed E-state index contributed by atoms with van der Waals surface area (Å²) in [6.45, 7) is 5.11. The minimum Gasteiger partial charge on any atom is -0.357 e. The Balaban J connectivity index is 2.51. The van der Waals surface area contributed by atoms with Crippen LogP contribution in [0.15, 0.2) is 11.8 Å². The standard InChI is InChI=1S/C11H22N2O/c1-3-7-10(4-2)13(12)11-8-5-6-9-14-11/h7,11H,3-6,8-9,12H2,1-2H3/b10-7+. The topological polar surface area (TPSA) is 38.5 Å². The molecule has 1 rings (SSSR count). The van der Waals surface area contributed by atoms with Crippen molar-refractivity contribution in [1.82, 2.24) is 5.01 Å². The Hall–Kier alpha value is -0.540. The van der Waals surface area contributed by atoms with E-state index in [0.717, 1.165) is 25.9 Å². The van der Waals surface area contributed by atoms with Crippen molar-refractivity contribution in [3.05, 3.63) is 11.8 Å². The molecule has 0 saturated carbocycles. The second-order valence-corrected chi connectivity index (χ2v) is 3.69. The van der Waals surface area contributed by atoms with Crippen LogP contribution in [0.1, 0.15) is 46.0 Å². The molecule has 3 nitrogen and oxygen atoms in total. The van der Waals surface area contributed by atoms with Crippen molar-refractivity contribution in [3.8, 4) is 0 Å². The second kappa shape index (κ2) is 6.04. The number of rotatable bonds is 4. The zero-order valence-corrected chi connectivity index (χ0v) is 9.33. The molecular formula is C11H22N2O. The van der Waals surface area contributed by atoms with Crippen LogP contribution in [0.25, 0.3) is 0 Å². The summed E-state index contributed by atoms with van der Waals surface area (Å²) in [5.41, 5.74) is 1.19. The van der Waals surface area contributed by atoms with Gasteiger partial charge in [-0.1, -0.05) is 19.9 Å². The molecule has 0 aliphatic carbocycles. The fourth-order valence-corrected chi connectivity index (χ4v) is 1.80. The summed E-state index contributed by atoms with van der Waals surface area (Å²) in [4.78, 5) is 0. The first-order valence-electron chi connectivity index (χ1n) is 5.64. The second-order valence-electron chi connectivity index (χ2n) is 3.69. The van der Waals surface area contributed by atoms with Gasteiger partial charge in [-0.2, -0.15) is 0 Å². The van der Waals surface area contributed by atoms with Crippen LogP contribution in [0.2, 0.25) is 0 Å². The monoisotopic (exact) mass is 198 g/mol. The maximum Gasteiger partial charge on any atom is 0.143 e. The molecule has 82 valence electrons. The lowest BCUT2D eigenvalue weighted by atomic mass is 10.1. The quantitative estimate of drug-likeness (QED) is 0.557. The van der Waals surface area contributed by atoms with E-state index >= 15 is 0 Å². The minimum atomic E-state index is 0.0986. The van der Waals surface area contributed by atoms with E-state index in [2.05, 4.69) is 19.9 Å². The molecule has 1 fully saturated rings. The van der Waals surface area contributed by atoms with Crippen molar-refractivity contribution in [1.29, 1.82) is 0 Å². The van der Waals surface area contributed by atoms with Gasteiger partial charge in [-0.3, -0.25) is 5.01 Å². The van der Waals surface area contributed by atoms with Gasteiger partial charge in [0, 0.05) is 12.3 Å². The third-order valence-electron chi connectivity index (χ3n) is 2.60. The number of nitrogens with two attached hydrogens (primary N) is 1. The van der Waals surface area contributed by atoms with Gasteiger partial charge in [0.2, 0.25) is 0 Å². The summed E-state index contributed by atoms with van der Waals surface area (Å²) in [6.07, 6.45) is 7.73. The SMILES string of the molecule is CC/C=C(\CC)N(N)C1CCCCO1. The van der Waals surface area contributed by atoms with Gasteiger partial charge >= 0.3 is 0 Å². The summed E-state index contributed by atoms with van der Waals surface area (Å²) in [5, 5.41) is 1.81. The summed E-state index contributed by atoms with van der Waals surface area (Å²) >= 11 is 0. The lowest BCUT2D eigenvalue weighted by Gasteiger charge is -2.33. The van der Waals surface area contributed by atoms with E-state index in [1.807, 2.05) is 5.01 Å². The molecule has 1 unspecified atom stereocenters. The van der Waals surface area contributed by atoms with E-state index in [-0.39, 0.29) is 6.23 Å². The molecule has 0 bridgehead atoms. The molecule has 3 heteroatoms. The fourth-order valence-electron chi connectivity index (χ4n) is 1.80. The van der Waals surface area contributed by atoms with Gasteiger partial charge in [-0.25, -0.2) is 5.84 Å². The number of ether oxygens (including phenoxy) is 1. The summed E-state index contributed by atoms with van der Waals surface area (Å²) in [5.74, 6) is 6.03. The molecule has 1 aliphatic rings. The zero-order valence-electron chi connectivity index (χ0n) is 9.33. The number of allylic oxidation sites excluding steroid dienone is 2. The van der Waals surface area contributed by atoms with Crippen molar-refractivity contribution >= 4 is 0 Å². The molecule has 0 radical (unpaired) electrons. The number of nitrogens with zero attached hydrogens (tertiary/aromatic N) is 1. The largest absolute Gasteiger partial charge is 0.357 e. The van der Waals surface area contributed by atoms with E-state index in [9.17, 15) is 0 Å². The average Bonchev–Trinajstić information content (AvgIpc) is 2.26. The maximum atomic E-state index is 6.03. The lowest BCUT2D eigenvalue weighted by molar-refractivity contribution is -0.0730. The highest BCUT2D eigenvalue weighted by atomic mass is 16.5. The van der Waals surface area contributed by atoms with E-state index < -0.39 is 0 Å². The van der Waals surface area contributed by atoms with E-state index in [1.54, 1.807) is 0 Å². The molecule has 1 aliphatic heterocycles.